The first-order valence-electron chi connectivity index (χ1n) is 6.73. The standard InChI is InChI=1S/C15H22N2O3/c1-5-13(14(18)19)17(4)15(20)16-12-8-6-11(7-9-12)10(2)3/h6-10,13H,5H2,1-4H3,(H,16,20)(H,18,19). The Kier molecular flexibility index (Phi) is 5.55. The van der Waals surface area contributed by atoms with Crippen LogP contribution in [0.15, 0.2) is 24.3 Å². The van der Waals surface area contributed by atoms with E-state index in [9.17, 15) is 9.59 Å². The van der Waals surface area contributed by atoms with E-state index in [1.807, 2.05) is 24.3 Å². The average Bonchev–Trinajstić information content (AvgIpc) is 2.39. The number of amides is 2. The van der Waals surface area contributed by atoms with Gasteiger partial charge in [-0.2, -0.15) is 0 Å². The fourth-order valence-corrected chi connectivity index (χ4v) is 1.92. The van der Waals surface area contributed by atoms with Crippen LogP contribution in [0.3, 0.4) is 0 Å². The van der Waals surface area contributed by atoms with E-state index in [1.165, 1.54) is 17.5 Å². The maximum absolute atomic E-state index is 12.0. The SMILES string of the molecule is CCC(C(=O)O)N(C)C(=O)Nc1ccc(C(C)C)cc1. The topological polar surface area (TPSA) is 69.6 Å². The van der Waals surface area contributed by atoms with Crippen LogP contribution in [0.4, 0.5) is 10.5 Å². The number of aliphatic carboxylic acids is 1. The summed E-state index contributed by atoms with van der Waals surface area (Å²) in [5.74, 6) is -0.570. The van der Waals surface area contributed by atoms with Crippen LogP contribution in [-0.4, -0.2) is 35.1 Å². The summed E-state index contributed by atoms with van der Waals surface area (Å²) in [6.07, 6.45) is 0.367. The zero-order valence-electron chi connectivity index (χ0n) is 12.4. The molecule has 2 amide bonds. The lowest BCUT2D eigenvalue weighted by Crippen LogP contribution is -2.44. The van der Waals surface area contributed by atoms with Gasteiger partial charge in [0.2, 0.25) is 0 Å². The maximum Gasteiger partial charge on any atom is 0.326 e. The molecular weight excluding hydrogens is 256 g/mol. The highest BCUT2D eigenvalue weighted by atomic mass is 16.4. The number of anilines is 1. The molecule has 0 saturated carbocycles. The summed E-state index contributed by atoms with van der Waals surface area (Å²) in [6.45, 7) is 5.93. The molecule has 1 aromatic carbocycles. The molecule has 1 rings (SSSR count). The molecule has 0 spiro atoms. The molecule has 0 fully saturated rings. The molecule has 0 aliphatic heterocycles. The normalized spacial score (nSPS) is 12.1. The zero-order chi connectivity index (χ0) is 15.3. The van der Waals surface area contributed by atoms with Crippen molar-refractivity contribution in [2.45, 2.75) is 39.2 Å². The van der Waals surface area contributed by atoms with Gasteiger partial charge in [0.15, 0.2) is 0 Å². The van der Waals surface area contributed by atoms with E-state index in [0.717, 1.165) is 0 Å². The Morgan fingerprint density at radius 2 is 1.80 bits per heavy atom. The van der Waals surface area contributed by atoms with Gasteiger partial charge in [-0.3, -0.25) is 0 Å². The number of rotatable bonds is 5. The van der Waals surface area contributed by atoms with Crippen LogP contribution in [-0.2, 0) is 4.79 Å². The molecule has 0 aliphatic rings. The van der Waals surface area contributed by atoms with Gasteiger partial charge in [-0.1, -0.05) is 32.9 Å². The van der Waals surface area contributed by atoms with Crippen molar-refractivity contribution in [2.24, 2.45) is 0 Å². The highest BCUT2D eigenvalue weighted by molar-refractivity contribution is 5.92. The molecule has 1 atom stereocenters. The fraction of sp³-hybridized carbons (Fsp3) is 0.467. The summed E-state index contributed by atoms with van der Waals surface area (Å²) >= 11 is 0. The quantitative estimate of drug-likeness (QED) is 0.869. The molecule has 1 unspecified atom stereocenters. The molecular formula is C15H22N2O3. The van der Waals surface area contributed by atoms with Crippen LogP contribution in [0.1, 0.15) is 38.7 Å². The lowest BCUT2D eigenvalue weighted by atomic mass is 10.0. The molecule has 0 aromatic heterocycles. The third-order valence-electron chi connectivity index (χ3n) is 3.29. The van der Waals surface area contributed by atoms with Crippen LogP contribution >= 0.6 is 0 Å². The number of hydrogen-bond acceptors (Lipinski definition) is 2. The van der Waals surface area contributed by atoms with Gasteiger partial charge in [0.1, 0.15) is 6.04 Å². The van der Waals surface area contributed by atoms with Gasteiger partial charge in [0.05, 0.1) is 0 Å². The lowest BCUT2D eigenvalue weighted by molar-refractivity contribution is -0.141. The second-order valence-electron chi connectivity index (χ2n) is 5.08. The molecule has 0 saturated heterocycles. The molecule has 2 N–H and O–H groups in total. The van der Waals surface area contributed by atoms with Gasteiger partial charge < -0.3 is 15.3 Å². The van der Waals surface area contributed by atoms with Crippen LogP contribution in [0.25, 0.3) is 0 Å². The van der Waals surface area contributed by atoms with Crippen molar-refractivity contribution in [3.05, 3.63) is 29.8 Å². The number of benzene rings is 1. The number of carboxylic acid groups (broad SMARTS) is 1. The lowest BCUT2D eigenvalue weighted by Gasteiger charge is -2.24. The summed E-state index contributed by atoms with van der Waals surface area (Å²) in [6, 6.07) is 6.32. The van der Waals surface area contributed by atoms with Crippen molar-refractivity contribution in [3.63, 3.8) is 0 Å². The minimum atomic E-state index is -1.000. The highest BCUT2D eigenvalue weighted by Crippen LogP contribution is 2.17. The molecule has 0 aliphatic carbocycles. The van der Waals surface area contributed by atoms with E-state index < -0.39 is 18.0 Å². The predicted octanol–water partition coefficient (Wildman–Crippen LogP) is 3.14. The van der Waals surface area contributed by atoms with Crippen molar-refractivity contribution >= 4 is 17.7 Å². The first kappa shape index (κ1) is 16.0. The van der Waals surface area contributed by atoms with Crippen LogP contribution in [0, 0.1) is 0 Å². The molecule has 5 heteroatoms. The monoisotopic (exact) mass is 278 g/mol. The number of nitrogens with one attached hydrogen (secondary N) is 1. The maximum atomic E-state index is 12.0. The number of nitrogens with zero attached hydrogens (tertiary/aromatic N) is 1. The van der Waals surface area contributed by atoms with Crippen LogP contribution in [0.2, 0.25) is 0 Å². The summed E-state index contributed by atoms with van der Waals surface area (Å²) in [5.41, 5.74) is 1.85. The largest absolute Gasteiger partial charge is 0.480 e. The van der Waals surface area contributed by atoms with Gasteiger partial charge in [0.25, 0.3) is 0 Å². The number of carbonyl (C=O) groups is 2. The summed E-state index contributed by atoms with van der Waals surface area (Å²) in [7, 11) is 1.49. The van der Waals surface area contributed by atoms with Gasteiger partial charge in [-0.25, -0.2) is 9.59 Å². The third kappa shape index (κ3) is 3.98. The van der Waals surface area contributed by atoms with Crippen molar-refractivity contribution in [1.29, 1.82) is 0 Å². The third-order valence-corrected chi connectivity index (χ3v) is 3.29. The summed E-state index contributed by atoms with van der Waals surface area (Å²) < 4.78 is 0. The van der Waals surface area contributed by atoms with Crippen LogP contribution in [0.5, 0.6) is 0 Å². The van der Waals surface area contributed by atoms with E-state index in [4.69, 9.17) is 5.11 Å². The Hall–Kier alpha value is -2.04. The fourth-order valence-electron chi connectivity index (χ4n) is 1.92. The van der Waals surface area contributed by atoms with Crippen molar-refractivity contribution in [3.8, 4) is 0 Å². The number of carboxylic acids is 1. The van der Waals surface area contributed by atoms with Gasteiger partial charge in [-0.05, 0) is 30.0 Å². The van der Waals surface area contributed by atoms with Crippen LogP contribution < -0.4 is 5.32 Å². The molecule has 0 heterocycles. The predicted molar refractivity (Wildman–Crippen MR) is 79.0 cm³/mol. The summed E-state index contributed by atoms with van der Waals surface area (Å²) in [5, 5.41) is 11.7. The van der Waals surface area contributed by atoms with Gasteiger partial charge in [-0.15, -0.1) is 0 Å². The van der Waals surface area contributed by atoms with E-state index in [0.29, 0.717) is 18.0 Å². The summed E-state index contributed by atoms with van der Waals surface area (Å²) in [4.78, 5) is 24.2. The van der Waals surface area contributed by atoms with Crippen molar-refractivity contribution in [2.75, 3.05) is 12.4 Å². The second-order valence-corrected chi connectivity index (χ2v) is 5.08. The first-order chi connectivity index (χ1) is 9.36. The van der Waals surface area contributed by atoms with Gasteiger partial charge in [0, 0.05) is 12.7 Å². The highest BCUT2D eigenvalue weighted by Gasteiger charge is 2.24. The Balaban J connectivity index is 2.72. The Morgan fingerprint density at radius 3 is 2.20 bits per heavy atom. The average molecular weight is 278 g/mol. The molecule has 0 radical (unpaired) electrons. The smallest absolute Gasteiger partial charge is 0.326 e. The zero-order valence-corrected chi connectivity index (χ0v) is 12.4. The number of carbonyl (C=O) groups excluding carboxylic acids is 1. The second kappa shape index (κ2) is 6.93. The molecule has 110 valence electrons. The van der Waals surface area contributed by atoms with E-state index >= 15 is 0 Å². The van der Waals surface area contributed by atoms with E-state index in [-0.39, 0.29) is 0 Å². The molecule has 20 heavy (non-hydrogen) atoms. The molecule has 5 nitrogen and oxygen atoms in total. The number of urea groups is 1. The Morgan fingerprint density at radius 1 is 1.25 bits per heavy atom. The Bertz CT molecular complexity index is 469. The van der Waals surface area contributed by atoms with E-state index in [2.05, 4.69) is 19.2 Å². The molecule has 0 bridgehead atoms. The number of likely N-dealkylation sites (N-methyl/N-ethyl adjacent to an activating group) is 1. The van der Waals surface area contributed by atoms with Crippen molar-refractivity contribution < 1.29 is 14.7 Å². The first-order valence-corrected chi connectivity index (χ1v) is 6.73. The molecule has 1 aromatic rings. The minimum absolute atomic E-state index is 0.367. The number of hydrogen-bond donors (Lipinski definition) is 2. The van der Waals surface area contributed by atoms with Crippen molar-refractivity contribution in [1.82, 2.24) is 4.90 Å². The van der Waals surface area contributed by atoms with E-state index in [1.54, 1.807) is 6.92 Å². The minimum Gasteiger partial charge on any atom is -0.480 e. The Labute approximate surface area is 119 Å². The van der Waals surface area contributed by atoms with Gasteiger partial charge >= 0.3 is 12.0 Å².